The quantitative estimate of drug-likeness (QED) is 0.712. The molecule has 2 aromatic heterocycles. The Morgan fingerprint density at radius 3 is 2.30 bits per heavy atom. The van der Waals surface area contributed by atoms with E-state index < -0.39 is 22.7 Å². The molecule has 0 saturated heterocycles. The molecule has 0 spiro atoms. The highest BCUT2D eigenvalue weighted by Gasteiger charge is 2.21. The van der Waals surface area contributed by atoms with Gasteiger partial charge in [0, 0.05) is 37.9 Å². The number of halogens is 1. The minimum absolute atomic E-state index is 0.00850. The van der Waals surface area contributed by atoms with Crippen LogP contribution in [0.2, 0.25) is 5.02 Å². The minimum atomic E-state index is -0.651. The summed E-state index contributed by atoms with van der Waals surface area (Å²) < 4.78 is 3.24. The van der Waals surface area contributed by atoms with Gasteiger partial charge in [-0.2, -0.15) is 0 Å². The van der Waals surface area contributed by atoms with Gasteiger partial charge < -0.3 is 5.32 Å². The van der Waals surface area contributed by atoms with Gasteiger partial charge in [-0.25, -0.2) is 4.79 Å². The lowest BCUT2D eigenvalue weighted by atomic mass is 10.1. The van der Waals surface area contributed by atoms with Crippen molar-refractivity contribution in [3.63, 3.8) is 0 Å². The molecule has 140 valence electrons. The Hall–Kier alpha value is -3.13. The van der Waals surface area contributed by atoms with E-state index in [2.05, 4.69) is 5.32 Å². The highest BCUT2D eigenvalue weighted by molar-refractivity contribution is 6.30. The van der Waals surface area contributed by atoms with E-state index in [0.29, 0.717) is 10.7 Å². The predicted octanol–water partition coefficient (Wildman–Crippen LogP) is 1.15. The number of hydrogen-bond donors (Lipinski definition) is 1. The van der Waals surface area contributed by atoms with E-state index in [9.17, 15) is 19.2 Å². The van der Waals surface area contributed by atoms with E-state index in [1.165, 1.54) is 30.3 Å². The lowest BCUT2D eigenvalue weighted by molar-refractivity contribution is 0.102. The zero-order valence-electron chi connectivity index (χ0n) is 15.2. The number of nitrogens with zero attached hydrogens (tertiary/aromatic N) is 3. The van der Waals surface area contributed by atoms with Gasteiger partial charge in [-0.15, -0.1) is 0 Å². The van der Waals surface area contributed by atoms with E-state index in [1.54, 1.807) is 25.1 Å². The maximum absolute atomic E-state index is 12.9. The van der Waals surface area contributed by atoms with Crippen LogP contribution in [0.1, 0.15) is 15.9 Å². The summed E-state index contributed by atoms with van der Waals surface area (Å²) in [6, 6.07) is 6.03. The summed E-state index contributed by atoms with van der Waals surface area (Å²) in [6.07, 6.45) is 0. The molecule has 0 bridgehead atoms. The van der Waals surface area contributed by atoms with Crippen molar-refractivity contribution in [3.8, 4) is 0 Å². The summed E-state index contributed by atoms with van der Waals surface area (Å²) in [5.41, 5.74) is -0.546. The van der Waals surface area contributed by atoms with E-state index >= 15 is 0 Å². The highest BCUT2D eigenvalue weighted by Crippen LogP contribution is 2.21. The number of aryl methyl sites for hydroxylation is 3. The van der Waals surface area contributed by atoms with Crippen LogP contribution in [0.25, 0.3) is 11.0 Å². The molecule has 27 heavy (non-hydrogen) atoms. The molecule has 0 radical (unpaired) electrons. The molecule has 1 amide bonds. The number of hydrogen-bond acceptors (Lipinski definition) is 4. The number of rotatable bonds is 2. The van der Waals surface area contributed by atoms with Crippen LogP contribution >= 0.6 is 11.6 Å². The third-order valence-electron chi connectivity index (χ3n) is 4.50. The Balaban J connectivity index is 2.30. The fourth-order valence-corrected chi connectivity index (χ4v) is 3.22. The molecule has 9 heteroatoms. The third-order valence-corrected chi connectivity index (χ3v) is 4.74. The average Bonchev–Trinajstić information content (AvgIpc) is 2.62. The van der Waals surface area contributed by atoms with Crippen molar-refractivity contribution < 1.29 is 4.79 Å². The summed E-state index contributed by atoms with van der Waals surface area (Å²) >= 11 is 5.92. The first-order valence-electron chi connectivity index (χ1n) is 8.00. The van der Waals surface area contributed by atoms with Crippen LogP contribution in [0.4, 0.5) is 5.69 Å². The van der Waals surface area contributed by atoms with Crippen molar-refractivity contribution in [1.82, 2.24) is 13.7 Å². The molecule has 0 aliphatic carbocycles. The Labute approximate surface area is 158 Å². The molecule has 0 atom stereocenters. The van der Waals surface area contributed by atoms with Crippen molar-refractivity contribution >= 4 is 34.2 Å². The maximum Gasteiger partial charge on any atom is 0.332 e. The molecule has 1 N–H and O–H groups in total. The average molecular weight is 389 g/mol. The zero-order valence-corrected chi connectivity index (χ0v) is 15.9. The van der Waals surface area contributed by atoms with Gasteiger partial charge in [0.25, 0.3) is 17.0 Å². The number of carbonyl (C=O) groups excluding carboxylic acids is 1. The second-order valence-electron chi connectivity index (χ2n) is 6.27. The van der Waals surface area contributed by atoms with Crippen molar-refractivity contribution in [2.24, 2.45) is 21.1 Å². The normalized spacial score (nSPS) is 11.0. The number of pyridine rings is 1. The van der Waals surface area contributed by atoms with Gasteiger partial charge in [0.15, 0.2) is 0 Å². The Kier molecular flexibility index (Phi) is 4.52. The van der Waals surface area contributed by atoms with Crippen LogP contribution < -0.4 is 22.1 Å². The number of nitrogens with one attached hydrogen (secondary N) is 1. The Bertz CT molecular complexity index is 1280. The van der Waals surface area contributed by atoms with Crippen molar-refractivity contribution in [3.05, 3.63) is 71.6 Å². The summed E-state index contributed by atoms with van der Waals surface area (Å²) in [5.74, 6) is -0.626. The molecule has 0 aliphatic rings. The van der Waals surface area contributed by atoms with Gasteiger partial charge in [-0.1, -0.05) is 11.6 Å². The lowest BCUT2D eigenvalue weighted by Gasteiger charge is -2.14. The fraction of sp³-hybridized carbons (Fsp3) is 0.222. The number of fused-ring (bicyclic) bond motifs is 1. The first kappa shape index (κ1) is 18.7. The molecule has 0 saturated carbocycles. The second-order valence-corrected chi connectivity index (χ2v) is 6.71. The van der Waals surface area contributed by atoms with Gasteiger partial charge in [0.1, 0.15) is 5.65 Å². The van der Waals surface area contributed by atoms with Gasteiger partial charge in [0.2, 0.25) is 0 Å². The highest BCUT2D eigenvalue weighted by atomic mass is 35.5. The smallest absolute Gasteiger partial charge is 0.322 e. The molecule has 2 heterocycles. The van der Waals surface area contributed by atoms with Gasteiger partial charge >= 0.3 is 5.69 Å². The van der Waals surface area contributed by atoms with Gasteiger partial charge in [-0.05, 0) is 30.7 Å². The molecule has 1 aromatic carbocycles. The van der Waals surface area contributed by atoms with Crippen LogP contribution in [0, 0.1) is 6.92 Å². The fourth-order valence-electron chi connectivity index (χ4n) is 2.99. The second kappa shape index (κ2) is 6.55. The Morgan fingerprint density at radius 2 is 1.67 bits per heavy atom. The number of aromatic nitrogens is 3. The molecular weight excluding hydrogens is 372 g/mol. The van der Waals surface area contributed by atoms with Crippen LogP contribution in [0.5, 0.6) is 0 Å². The zero-order chi connectivity index (χ0) is 20.0. The number of benzene rings is 1. The van der Waals surface area contributed by atoms with Gasteiger partial charge in [-0.3, -0.25) is 28.1 Å². The summed E-state index contributed by atoms with van der Waals surface area (Å²) in [4.78, 5) is 50.1. The number of anilines is 1. The maximum atomic E-state index is 12.9. The molecule has 8 nitrogen and oxygen atoms in total. The number of carbonyl (C=O) groups is 1. The van der Waals surface area contributed by atoms with Gasteiger partial charge in [0.05, 0.1) is 10.9 Å². The largest absolute Gasteiger partial charge is 0.332 e. The lowest BCUT2D eigenvalue weighted by Crippen LogP contribution is -2.40. The Morgan fingerprint density at radius 1 is 1.00 bits per heavy atom. The minimum Gasteiger partial charge on any atom is -0.322 e. The number of amides is 1. The van der Waals surface area contributed by atoms with Crippen LogP contribution in [-0.2, 0) is 21.1 Å². The van der Waals surface area contributed by atoms with Crippen molar-refractivity contribution in [1.29, 1.82) is 0 Å². The third kappa shape index (κ3) is 2.97. The van der Waals surface area contributed by atoms with Crippen molar-refractivity contribution in [2.75, 3.05) is 5.32 Å². The summed E-state index contributed by atoms with van der Waals surface area (Å²) in [5, 5.41) is 3.21. The van der Waals surface area contributed by atoms with E-state index in [-0.39, 0.29) is 16.6 Å². The molecule has 0 aliphatic heterocycles. The predicted molar refractivity (Wildman–Crippen MR) is 104 cm³/mol. The first-order chi connectivity index (χ1) is 12.6. The van der Waals surface area contributed by atoms with E-state index in [0.717, 1.165) is 16.2 Å². The SMILES string of the molecule is Cc1cc(Cl)ccc1NC(=O)c1cc(=O)n(C)c2c1c(=O)n(C)c(=O)n2C. The van der Waals surface area contributed by atoms with Crippen LogP contribution in [0.3, 0.4) is 0 Å². The standard InChI is InChI=1S/C18H17ClN4O4/c1-9-7-10(19)5-6-12(9)20-15(25)11-8-13(24)21(2)16-14(11)17(26)23(4)18(27)22(16)3/h5-8H,1-4H3,(H,20,25). The summed E-state index contributed by atoms with van der Waals surface area (Å²) in [7, 11) is 4.20. The van der Waals surface area contributed by atoms with E-state index in [1.807, 2.05) is 0 Å². The van der Waals surface area contributed by atoms with Crippen LogP contribution in [0.15, 0.2) is 38.6 Å². The molecular formula is C18H17ClN4O4. The first-order valence-corrected chi connectivity index (χ1v) is 8.38. The molecule has 3 rings (SSSR count). The molecule has 3 aromatic rings. The summed E-state index contributed by atoms with van der Waals surface area (Å²) in [6.45, 7) is 1.77. The topological polar surface area (TPSA) is 95.1 Å². The van der Waals surface area contributed by atoms with Crippen LogP contribution in [-0.4, -0.2) is 19.6 Å². The van der Waals surface area contributed by atoms with Crippen molar-refractivity contribution in [2.45, 2.75) is 6.92 Å². The molecule has 0 fully saturated rings. The monoisotopic (exact) mass is 388 g/mol. The molecule has 0 unspecified atom stereocenters. The van der Waals surface area contributed by atoms with E-state index in [4.69, 9.17) is 11.6 Å².